The lowest BCUT2D eigenvalue weighted by molar-refractivity contribution is 0.355. The van der Waals surface area contributed by atoms with Gasteiger partial charge in [-0.25, -0.2) is 14.1 Å². The van der Waals surface area contributed by atoms with Gasteiger partial charge in [-0.3, -0.25) is 4.79 Å². The highest BCUT2D eigenvalue weighted by atomic mass is 16.5. The van der Waals surface area contributed by atoms with E-state index >= 15 is 0 Å². The molecule has 7 nitrogen and oxygen atoms in total. The van der Waals surface area contributed by atoms with E-state index in [-0.39, 0.29) is 5.56 Å². The maximum atomic E-state index is 13.1. The normalized spacial score (nSPS) is 11.2. The molecule has 25 heavy (non-hydrogen) atoms. The van der Waals surface area contributed by atoms with Crippen LogP contribution < -0.4 is 15.0 Å². The van der Waals surface area contributed by atoms with E-state index in [1.54, 1.807) is 48.5 Å². The van der Waals surface area contributed by atoms with Crippen molar-refractivity contribution in [2.75, 3.05) is 14.2 Å². The lowest BCUT2D eigenvalue weighted by Crippen LogP contribution is -2.21. The number of aryl methyl sites for hydroxylation is 1. The zero-order valence-electron chi connectivity index (χ0n) is 14.1. The fourth-order valence-electron chi connectivity index (χ4n) is 2.94. The van der Waals surface area contributed by atoms with Crippen LogP contribution in [0.3, 0.4) is 0 Å². The molecule has 0 bridgehead atoms. The predicted octanol–water partition coefficient (Wildman–Crippen LogP) is 2.27. The number of benzene rings is 2. The van der Waals surface area contributed by atoms with Crippen molar-refractivity contribution >= 4 is 16.8 Å². The number of fused-ring (bicyclic) bond motifs is 3. The van der Waals surface area contributed by atoms with Gasteiger partial charge < -0.3 is 9.47 Å². The molecule has 0 spiro atoms. The third kappa shape index (κ3) is 2.24. The van der Waals surface area contributed by atoms with E-state index in [9.17, 15) is 4.79 Å². The summed E-state index contributed by atoms with van der Waals surface area (Å²) < 4.78 is 13.8. The van der Waals surface area contributed by atoms with Crippen molar-refractivity contribution in [3.63, 3.8) is 0 Å². The standard InChI is InChI=1S/C18H16N4O3/c1-21-18-19-12-6-4-5-7-13(12)22(18)17(23)16(20-21)11-8-9-14(24-2)15(10-11)25-3/h4-10H,1-3H3. The van der Waals surface area contributed by atoms with Crippen molar-refractivity contribution < 1.29 is 9.47 Å². The van der Waals surface area contributed by atoms with Gasteiger partial charge in [-0.15, -0.1) is 0 Å². The van der Waals surface area contributed by atoms with Crippen molar-refractivity contribution in [3.05, 3.63) is 52.8 Å². The summed E-state index contributed by atoms with van der Waals surface area (Å²) in [6, 6.07) is 12.8. The van der Waals surface area contributed by atoms with Crippen LogP contribution in [0.15, 0.2) is 47.3 Å². The van der Waals surface area contributed by atoms with Gasteiger partial charge in [0.05, 0.1) is 25.3 Å². The Morgan fingerprint density at radius 2 is 1.76 bits per heavy atom. The minimum Gasteiger partial charge on any atom is -0.493 e. The molecule has 0 atom stereocenters. The molecule has 4 rings (SSSR count). The van der Waals surface area contributed by atoms with Gasteiger partial charge in [0.25, 0.3) is 5.56 Å². The number of hydrogen-bond donors (Lipinski definition) is 0. The van der Waals surface area contributed by atoms with Gasteiger partial charge in [0.2, 0.25) is 5.78 Å². The van der Waals surface area contributed by atoms with Gasteiger partial charge in [0.1, 0.15) is 0 Å². The van der Waals surface area contributed by atoms with E-state index in [4.69, 9.17) is 9.47 Å². The molecular weight excluding hydrogens is 320 g/mol. The molecule has 0 unspecified atom stereocenters. The maximum absolute atomic E-state index is 13.1. The molecule has 2 aromatic carbocycles. The average Bonchev–Trinajstić information content (AvgIpc) is 3.04. The molecule has 0 saturated carbocycles. The lowest BCUT2D eigenvalue weighted by atomic mass is 10.1. The highest BCUT2D eigenvalue weighted by Gasteiger charge is 2.16. The second-order valence-corrected chi connectivity index (χ2v) is 5.58. The second-order valence-electron chi connectivity index (χ2n) is 5.58. The Labute approximate surface area is 143 Å². The quantitative estimate of drug-likeness (QED) is 0.574. The molecular formula is C18H16N4O3. The van der Waals surface area contributed by atoms with E-state index in [0.29, 0.717) is 28.5 Å². The van der Waals surface area contributed by atoms with Gasteiger partial charge in [0, 0.05) is 12.6 Å². The first-order chi connectivity index (χ1) is 12.1. The molecule has 4 aromatic rings. The molecule has 0 radical (unpaired) electrons. The molecule has 0 N–H and O–H groups in total. The van der Waals surface area contributed by atoms with Gasteiger partial charge >= 0.3 is 0 Å². The Bertz CT molecular complexity index is 1160. The van der Waals surface area contributed by atoms with Crippen LogP contribution in [0, 0.1) is 0 Å². The highest BCUT2D eigenvalue weighted by Crippen LogP contribution is 2.30. The van der Waals surface area contributed by atoms with Crippen molar-refractivity contribution in [1.82, 2.24) is 19.2 Å². The van der Waals surface area contributed by atoms with Crippen LogP contribution in [0.5, 0.6) is 11.5 Å². The van der Waals surface area contributed by atoms with E-state index in [1.165, 1.54) is 0 Å². The number of ether oxygens (including phenoxy) is 2. The van der Waals surface area contributed by atoms with E-state index < -0.39 is 0 Å². The van der Waals surface area contributed by atoms with Crippen molar-refractivity contribution in [3.8, 4) is 22.8 Å². The Balaban J connectivity index is 2.05. The van der Waals surface area contributed by atoms with E-state index in [2.05, 4.69) is 10.1 Å². The number of para-hydroxylation sites is 2. The first-order valence-corrected chi connectivity index (χ1v) is 7.71. The molecule has 7 heteroatoms. The Morgan fingerprint density at radius 3 is 2.52 bits per heavy atom. The minimum absolute atomic E-state index is 0.228. The van der Waals surface area contributed by atoms with Crippen LogP contribution in [0.4, 0.5) is 0 Å². The summed E-state index contributed by atoms with van der Waals surface area (Å²) in [5.41, 5.74) is 2.25. The number of hydrogen-bond acceptors (Lipinski definition) is 5. The third-order valence-corrected chi connectivity index (χ3v) is 4.15. The molecule has 0 aliphatic rings. The molecule has 0 fully saturated rings. The lowest BCUT2D eigenvalue weighted by Gasteiger charge is -2.10. The zero-order valence-corrected chi connectivity index (χ0v) is 14.1. The van der Waals surface area contributed by atoms with Gasteiger partial charge in [0.15, 0.2) is 17.2 Å². The van der Waals surface area contributed by atoms with Crippen LogP contribution >= 0.6 is 0 Å². The maximum Gasteiger partial charge on any atom is 0.286 e. The summed E-state index contributed by atoms with van der Waals surface area (Å²) in [5, 5.41) is 4.42. The van der Waals surface area contributed by atoms with Crippen molar-refractivity contribution in [2.24, 2.45) is 7.05 Å². The van der Waals surface area contributed by atoms with Crippen LogP contribution in [-0.4, -0.2) is 33.4 Å². The van der Waals surface area contributed by atoms with Crippen LogP contribution in [0.25, 0.3) is 28.1 Å². The van der Waals surface area contributed by atoms with Crippen LogP contribution in [0.1, 0.15) is 0 Å². The summed E-state index contributed by atoms with van der Waals surface area (Å²) in [5.74, 6) is 1.63. The largest absolute Gasteiger partial charge is 0.493 e. The number of methoxy groups -OCH3 is 2. The van der Waals surface area contributed by atoms with Crippen LogP contribution in [-0.2, 0) is 7.05 Å². The Morgan fingerprint density at radius 1 is 1.00 bits per heavy atom. The van der Waals surface area contributed by atoms with Crippen molar-refractivity contribution in [1.29, 1.82) is 0 Å². The molecule has 2 heterocycles. The van der Waals surface area contributed by atoms with E-state index in [1.807, 2.05) is 24.3 Å². The fraction of sp³-hybridized carbons (Fsp3) is 0.167. The minimum atomic E-state index is -0.228. The molecule has 0 saturated heterocycles. The summed E-state index contributed by atoms with van der Waals surface area (Å²) in [7, 11) is 4.89. The number of aromatic nitrogens is 4. The monoisotopic (exact) mass is 336 g/mol. The number of nitrogens with zero attached hydrogens (tertiary/aromatic N) is 4. The van der Waals surface area contributed by atoms with Crippen LogP contribution in [0.2, 0.25) is 0 Å². The fourth-order valence-corrected chi connectivity index (χ4v) is 2.94. The predicted molar refractivity (Wildman–Crippen MR) is 94.3 cm³/mol. The SMILES string of the molecule is COc1ccc(-c2nn(C)c3nc4ccccc4n3c2=O)cc1OC. The molecule has 0 aliphatic carbocycles. The summed E-state index contributed by atoms with van der Waals surface area (Å²) in [6.07, 6.45) is 0. The summed E-state index contributed by atoms with van der Waals surface area (Å²) in [6.45, 7) is 0. The second kappa shape index (κ2) is 5.62. The van der Waals surface area contributed by atoms with E-state index in [0.717, 1.165) is 11.0 Å². The number of imidazole rings is 1. The van der Waals surface area contributed by atoms with Gasteiger partial charge in [-0.2, -0.15) is 5.10 Å². The Hall–Kier alpha value is -3.35. The first kappa shape index (κ1) is 15.2. The first-order valence-electron chi connectivity index (χ1n) is 7.71. The van der Waals surface area contributed by atoms with Gasteiger partial charge in [-0.1, -0.05) is 12.1 Å². The highest BCUT2D eigenvalue weighted by molar-refractivity contribution is 5.80. The molecule has 0 aliphatic heterocycles. The Kier molecular flexibility index (Phi) is 3.42. The molecule has 126 valence electrons. The van der Waals surface area contributed by atoms with Gasteiger partial charge in [-0.05, 0) is 30.3 Å². The zero-order chi connectivity index (χ0) is 17.6. The number of rotatable bonds is 3. The third-order valence-electron chi connectivity index (χ3n) is 4.15. The summed E-state index contributed by atoms with van der Waals surface area (Å²) in [4.78, 5) is 17.6. The topological polar surface area (TPSA) is 70.6 Å². The molecule has 2 aromatic heterocycles. The molecule has 0 amide bonds. The summed E-state index contributed by atoms with van der Waals surface area (Å²) >= 11 is 0. The smallest absolute Gasteiger partial charge is 0.286 e. The van der Waals surface area contributed by atoms with Crippen molar-refractivity contribution in [2.45, 2.75) is 0 Å². The average molecular weight is 336 g/mol.